The van der Waals surface area contributed by atoms with Crippen LogP contribution in [0.3, 0.4) is 0 Å². The van der Waals surface area contributed by atoms with Gasteiger partial charge in [0.2, 0.25) is 0 Å². The van der Waals surface area contributed by atoms with Crippen molar-refractivity contribution >= 4 is 9.84 Å². The normalized spacial score (nSPS) is 24.1. The zero-order valence-electron chi connectivity index (χ0n) is 13.0. The standard InChI is InChI=1S/C16H26N2O2S/c1-14-12-17-16(11-15-7-4-3-5-8-15)13-18(14)9-6-10-21(2,19)20/h3-5,7-8,14,16-17H,6,9-13H2,1-2H3. The zero-order valence-corrected chi connectivity index (χ0v) is 13.8. The maximum atomic E-state index is 11.2. The van der Waals surface area contributed by atoms with Gasteiger partial charge in [0.15, 0.2) is 0 Å². The molecule has 2 atom stereocenters. The van der Waals surface area contributed by atoms with Gasteiger partial charge in [-0.15, -0.1) is 0 Å². The summed E-state index contributed by atoms with van der Waals surface area (Å²) in [5.41, 5.74) is 1.35. The van der Waals surface area contributed by atoms with Gasteiger partial charge in [-0.2, -0.15) is 0 Å². The van der Waals surface area contributed by atoms with Crippen molar-refractivity contribution in [1.82, 2.24) is 10.2 Å². The molecule has 1 aliphatic heterocycles. The van der Waals surface area contributed by atoms with E-state index in [0.29, 0.717) is 12.1 Å². The number of nitrogens with zero attached hydrogens (tertiary/aromatic N) is 1. The van der Waals surface area contributed by atoms with Crippen LogP contribution in [0.1, 0.15) is 18.9 Å². The summed E-state index contributed by atoms with van der Waals surface area (Å²) in [6.07, 6.45) is 3.06. The SMILES string of the molecule is CC1CNC(Cc2ccccc2)CN1CCCS(C)(=O)=O. The molecular formula is C16H26N2O2S. The summed E-state index contributed by atoms with van der Waals surface area (Å²) < 4.78 is 22.5. The lowest BCUT2D eigenvalue weighted by Crippen LogP contribution is -2.56. The first-order valence-corrected chi connectivity index (χ1v) is 9.69. The fourth-order valence-corrected chi connectivity index (χ4v) is 3.52. The van der Waals surface area contributed by atoms with Crippen LogP contribution >= 0.6 is 0 Å². The Morgan fingerprint density at radius 1 is 1.29 bits per heavy atom. The molecular weight excluding hydrogens is 284 g/mol. The van der Waals surface area contributed by atoms with Gasteiger partial charge in [-0.1, -0.05) is 30.3 Å². The molecule has 1 aromatic carbocycles. The Kier molecular flexibility index (Phi) is 5.79. The van der Waals surface area contributed by atoms with Crippen molar-refractivity contribution in [2.75, 3.05) is 31.6 Å². The molecule has 1 fully saturated rings. The molecule has 1 heterocycles. The van der Waals surface area contributed by atoms with Crippen molar-refractivity contribution in [2.24, 2.45) is 0 Å². The first-order valence-electron chi connectivity index (χ1n) is 7.63. The second-order valence-corrected chi connectivity index (χ2v) is 8.38. The van der Waals surface area contributed by atoms with Gasteiger partial charge in [-0.25, -0.2) is 8.42 Å². The van der Waals surface area contributed by atoms with Gasteiger partial charge < -0.3 is 5.32 Å². The van der Waals surface area contributed by atoms with Crippen molar-refractivity contribution in [3.8, 4) is 0 Å². The van der Waals surface area contributed by atoms with Gasteiger partial charge in [0.1, 0.15) is 9.84 Å². The maximum absolute atomic E-state index is 11.2. The van der Waals surface area contributed by atoms with Crippen LogP contribution < -0.4 is 5.32 Å². The third-order valence-electron chi connectivity index (χ3n) is 4.07. The van der Waals surface area contributed by atoms with E-state index < -0.39 is 9.84 Å². The molecule has 1 N–H and O–H groups in total. The summed E-state index contributed by atoms with van der Waals surface area (Å²) in [5, 5.41) is 3.59. The Morgan fingerprint density at radius 3 is 2.67 bits per heavy atom. The molecule has 21 heavy (non-hydrogen) atoms. The van der Waals surface area contributed by atoms with E-state index in [1.54, 1.807) is 0 Å². The van der Waals surface area contributed by atoms with Crippen molar-refractivity contribution in [3.63, 3.8) is 0 Å². The molecule has 1 saturated heterocycles. The van der Waals surface area contributed by atoms with Crippen LogP contribution in [0.15, 0.2) is 30.3 Å². The summed E-state index contributed by atoms with van der Waals surface area (Å²) in [6, 6.07) is 11.4. The Hall–Kier alpha value is -0.910. The molecule has 0 bridgehead atoms. The number of piperazine rings is 1. The third kappa shape index (κ3) is 5.77. The van der Waals surface area contributed by atoms with Crippen LogP contribution in [0.5, 0.6) is 0 Å². The van der Waals surface area contributed by atoms with Gasteiger partial charge in [-0.3, -0.25) is 4.90 Å². The highest BCUT2D eigenvalue weighted by Crippen LogP contribution is 2.12. The molecule has 1 aromatic rings. The summed E-state index contributed by atoms with van der Waals surface area (Å²) in [4.78, 5) is 2.41. The molecule has 0 saturated carbocycles. The van der Waals surface area contributed by atoms with E-state index in [2.05, 4.69) is 41.4 Å². The van der Waals surface area contributed by atoms with Crippen LogP contribution in [0.4, 0.5) is 0 Å². The van der Waals surface area contributed by atoms with Crippen LogP contribution in [0, 0.1) is 0 Å². The topological polar surface area (TPSA) is 49.4 Å². The van der Waals surface area contributed by atoms with Gasteiger partial charge in [0.05, 0.1) is 5.75 Å². The van der Waals surface area contributed by atoms with E-state index >= 15 is 0 Å². The summed E-state index contributed by atoms with van der Waals surface area (Å²) in [7, 11) is -2.85. The number of hydrogen-bond acceptors (Lipinski definition) is 4. The van der Waals surface area contributed by atoms with Crippen molar-refractivity contribution in [3.05, 3.63) is 35.9 Å². The highest BCUT2D eigenvalue weighted by molar-refractivity contribution is 7.90. The molecule has 0 radical (unpaired) electrons. The number of hydrogen-bond donors (Lipinski definition) is 1. The zero-order chi connectivity index (χ0) is 15.3. The molecule has 0 aromatic heterocycles. The van der Waals surface area contributed by atoms with Crippen LogP contribution in [0.2, 0.25) is 0 Å². The fraction of sp³-hybridized carbons (Fsp3) is 0.625. The fourth-order valence-electron chi connectivity index (χ4n) is 2.87. The van der Waals surface area contributed by atoms with E-state index in [4.69, 9.17) is 0 Å². The molecule has 0 aliphatic carbocycles. The van der Waals surface area contributed by atoms with Crippen molar-refractivity contribution < 1.29 is 8.42 Å². The lowest BCUT2D eigenvalue weighted by Gasteiger charge is -2.39. The molecule has 5 heteroatoms. The van der Waals surface area contributed by atoms with E-state index in [0.717, 1.165) is 32.5 Å². The summed E-state index contributed by atoms with van der Waals surface area (Å²) in [5.74, 6) is 0.285. The van der Waals surface area contributed by atoms with E-state index in [1.165, 1.54) is 11.8 Å². The third-order valence-corrected chi connectivity index (χ3v) is 5.10. The molecule has 2 rings (SSSR count). The average Bonchev–Trinajstić information content (AvgIpc) is 2.42. The first-order chi connectivity index (χ1) is 9.94. The van der Waals surface area contributed by atoms with Gasteiger partial charge >= 0.3 is 0 Å². The average molecular weight is 310 g/mol. The monoisotopic (exact) mass is 310 g/mol. The lowest BCUT2D eigenvalue weighted by atomic mass is 10.0. The van der Waals surface area contributed by atoms with Gasteiger partial charge in [0.25, 0.3) is 0 Å². The second kappa shape index (κ2) is 7.38. The first kappa shape index (κ1) is 16.5. The number of nitrogens with one attached hydrogen (secondary N) is 1. The quantitative estimate of drug-likeness (QED) is 0.861. The van der Waals surface area contributed by atoms with E-state index in [1.807, 2.05) is 6.07 Å². The molecule has 0 spiro atoms. The molecule has 118 valence electrons. The van der Waals surface area contributed by atoms with E-state index in [9.17, 15) is 8.42 Å². The second-order valence-electron chi connectivity index (χ2n) is 6.12. The minimum Gasteiger partial charge on any atom is -0.311 e. The number of benzene rings is 1. The highest BCUT2D eigenvalue weighted by Gasteiger charge is 2.24. The minimum absolute atomic E-state index is 0.285. The van der Waals surface area contributed by atoms with Gasteiger partial charge in [-0.05, 0) is 31.9 Å². The Bertz CT molecular complexity index is 530. The molecule has 1 aliphatic rings. The van der Waals surface area contributed by atoms with E-state index in [-0.39, 0.29) is 5.75 Å². The Balaban J connectivity index is 1.84. The van der Waals surface area contributed by atoms with Crippen LogP contribution in [0.25, 0.3) is 0 Å². The van der Waals surface area contributed by atoms with Crippen molar-refractivity contribution in [2.45, 2.75) is 31.8 Å². The summed E-state index contributed by atoms with van der Waals surface area (Å²) >= 11 is 0. The van der Waals surface area contributed by atoms with Crippen LogP contribution in [-0.2, 0) is 16.3 Å². The van der Waals surface area contributed by atoms with Gasteiger partial charge in [0, 0.05) is 31.4 Å². The smallest absolute Gasteiger partial charge is 0.147 e. The Labute approximate surface area is 128 Å². The predicted molar refractivity (Wildman–Crippen MR) is 87.3 cm³/mol. The molecule has 2 unspecified atom stereocenters. The largest absolute Gasteiger partial charge is 0.311 e. The highest BCUT2D eigenvalue weighted by atomic mass is 32.2. The molecule has 0 amide bonds. The maximum Gasteiger partial charge on any atom is 0.147 e. The summed E-state index contributed by atoms with van der Waals surface area (Å²) in [6.45, 7) is 5.02. The lowest BCUT2D eigenvalue weighted by molar-refractivity contribution is 0.141. The predicted octanol–water partition coefficient (Wildman–Crippen LogP) is 1.33. The minimum atomic E-state index is -2.85. The number of sulfone groups is 1. The van der Waals surface area contributed by atoms with Crippen LogP contribution in [-0.4, -0.2) is 57.0 Å². The van der Waals surface area contributed by atoms with Crippen molar-refractivity contribution in [1.29, 1.82) is 0 Å². The molecule has 4 nitrogen and oxygen atoms in total. The number of rotatable bonds is 6. The Morgan fingerprint density at radius 2 is 2.00 bits per heavy atom.